The Kier molecular flexibility index (Phi) is 5.02. The van der Waals surface area contributed by atoms with Gasteiger partial charge in [0, 0.05) is 42.5 Å². The van der Waals surface area contributed by atoms with E-state index in [-0.39, 0.29) is 5.82 Å². The molecular weight excluding hydrogens is 399 g/mol. The van der Waals surface area contributed by atoms with Crippen LogP contribution in [0.3, 0.4) is 0 Å². The minimum Gasteiger partial charge on any atom is -0.384 e. The van der Waals surface area contributed by atoms with E-state index in [1.807, 2.05) is 12.1 Å². The Hall–Kier alpha value is -3.10. The molecule has 1 saturated heterocycles. The third kappa shape index (κ3) is 3.83. The monoisotopic (exact) mass is 420 g/mol. The molecular formula is C22H21FN6S. The number of pyridine rings is 1. The summed E-state index contributed by atoms with van der Waals surface area (Å²) in [6.45, 7) is 4.57. The number of rotatable bonds is 4. The second-order valence-corrected chi connectivity index (χ2v) is 8.51. The van der Waals surface area contributed by atoms with Gasteiger partial charge in [0.1, 0.15) is 23.8 Å². The number of piperazine rings is 1. The van der Waals surface area contributed by atoms with E-state index >= 15 is 0 Å². The van der Waals surface area contributed by atoms with E-state index in [4.69, 9.17) is 5.73 Å². The average molecular weight is 421 g/mol. The quantitative estimate of drug-likeness (QED) is 0.542. The van der Waals surface area contributed by atoms with Crippen molar-refractivity contribution in [3.63, 3.8) is 0 Å². The van der Waals surface area contributed by atoms with E-state index in [1.165, 1.54) is 10.9 Å². The van der Waals surface area contributed by atoms with Gasteiger partial charge in [-0.05, 0) is 42.0 Å². The van der Waals surface area contributed by atoms with E-state index in [9.17, 15) is 4.39 Å². The molecule has 1 aliphatic rings. The molecule has 8 heteroatoms. The van der Waals surface area contributed by atoms with Gasteiger partial charge in [-0.3, -0.25) is 4.90 Å². The molecule has 30 heavy (non-hydrogen) atoms. The zero-order valence-electron chi connectivity index (χ0n) is 16.3. The van der Waals surface area contributed by atoms with Gasteiger partial charge >= 0.3 is 0 Å². The van der Waals surface area contributed by atoms with Crippen LogP contribution in [0.2, 0.25) is 0 Å². The van der Waals surface area contributed by atoms with Crippen molar-refractivity contribution in [3.05, 3.63) is 65.6 Å². The summed E-state index contributed by atoms with van der Waals surface area (Å²) in [5, 5.41) is 0.929. The predicted molar refractivity (Wildman–Crippen MR) is 119 cm³/mol. The topological polar surface area (TPSA) is 71.2 Å². The number of benzene rings is 1. The number of thiophene rings is 1. The number of nitrogen functional groups attached to an aromatic ring is 1. The molecule has 5 rings (SSSR count). The van der Waals surface area contributed by atoms with Crippen LogP contribution in [0.25, 0.3) is 21.5 Å². The van der Waals surface area contributed by atoms with Gasteiger partial charge in [-0.1, -0.05) is 12.1 Å². The zero-order valence-corrected chi connectivity index (χ0v) is 17.1. The molecule has 0 bridgehead atoms. The molecule has 1 aromatic carbocycles. The van der Waals surface area contributed by atoms with Crippen LogP contribution in [0.4, 0.5) is 16.0 Å². The van der Waals surface area contributed by atoms with Crippen molar-refractivity contribution in [1.82, 2.24) is 19.9 Å². The van der Waals surface area contributed by atoms with E-state index in [2.05, 4.69) is 36.9 Å². The maximum absolute atomic E-state index is 13.5. The number of nitrogens with zero attached hydrogens (tertiary/aromatic N) is 5. The van der Waals surface area contributed by atoms with Crippen molar-refractivity contribution in [2.75, 3.05) is 36.8 Å². The minimum atomic E-state index is -0.200. The molecule has 3 aromatic heterocycles. The highest BCUT2D eigenvalue weighted by atomic mass is 32.1. The van der Waals surface area contributed by atoms with E-state index < -0.39 is 0 Å². The van der Waals surface area contributed by atoms with E-state index in [0.29, 0.717) is 11.5 Å². The molecule has 0 saturated carbocycles. The Morgan fingerprint density at radius 1 is 1.00 bits per heavy atom. The van der Waals surface area contributed by atoms with Gasteiger partial charge in [0.15, 0.2) is 5.65 Å². The second-order valence-electron chi connectivity index (χ2n) is 7.34. The third-order valence-corrected chi connectivity index (χ3v) is 6.44. The smallest absolute Gasteiger partial charge is 0.166 e. The molecule has 152 valence electrons. The van der Waals surface area contributed by atoms with Gasteiger partial charge in [0.2, 0.25) is 0 Å². The second kappa shape index (κ2) is 7.97. The van der Waals surface area contributed by atoms with Crippen molar-refractivity contribution in [1.29, 1.82) is 0 Å². The summed E-state index contributed by atoms with van der Waals surface area (Å²) in [6.07, 6.45) is 1.55. The van der Waals surface area contributed by atoms with E-state index in [0.717, 1.165) is 54.4 Å². The zero-order chi connectivity index (χ0) is 20.5. The molecule has 0 spiro atoms. The first-order valence-corrected chi connectivity index (χ1v) is 10.7. The maximum Gasteiger partial charge on any atom is 0.166 e. The Bertz CT molecular complexity index is 1190. The van der Waals surface area contributed by atoms with Gasteiger partial charge in [0.05, 0.1) is 5.39 Å². The van der Waals surface area contributed by atoms with Crippen LogP contribution in [0.5, 0.6) is 0 Å². The standard InChI is InChI=1S/C22H21FN6S/c23-16-3-1-2-15(12-16)19-6-4-17(30-19)13-28-8-10-29(11-9-28)22-18-5-7-20(24)27-21(18)25-14-26-22/h1-7,12,14H,8-11,13H2,(H2,24,25,26,27). The first-order chi connectivity index (χ1) is 14.7. The number of halogens is 1. The van der Waals surface area contributed by atoms with Gasteiger partial charge in [-0.25, -0.2) is 19.3 Å². The summed E-state index contributed by atoms with van der Waals surface area (Å²) < 4.78 is 13.5. The van der Waals surface area contributed by atoms with Crippen molar-refractivity contribution >= 4 is 34.0 Å². The minimum absolute atomic E-state index is 0.200. The van der Waals surface area contributed by atoms with Crippen LogP contribution in [0, 0.1) is 5.82 Å². The van der Waals surface area contributed by atoms with Crippen molar-refractivity contribution < 1.29 is 4.39 Å². The van der Waals surface area contributed by atoms with E-state index in [1.54, 1.807) is 35.9 Å². The summed E-state index contributed by atoms with van der Waals surface area (Å²) in [5.74, 6) is 1.18. The number of hydrogen-bond donors (Lipinski definition) is 1. The van der Waals surface area contributed by atoms with Crippen molar-refractivity contribution in [2.45, 2.75) is 6.54 Å². The number of hydrogen-bond acceptors (Lipinski definition) is 7. The fraction of sp³-hybridized carbons (Fsp3) is 0.227. The molecule has 2 N–H and O–H groups in total. The first-order valence-electron chi connectivity index (χ1n) is 9.85. The summed E-state index contributed by atoms with van der Waals surface area (Å²) >= 11 is 1.73. The molecule has 4 aromatic rings. The molecule has 0 atom stereocenters. The first kappa shape index (κ1) is 18.9. The van der Waals surface area contributed by atoms with Gasteiger partial charge in [-0.15, -0.1) is 11.3 Å². The highest BCUT2D eigenvalue weighted by Gasteiger charge is 2.21. The van der Waals surface area contributed by atoms with Gasteiger partial charge in [0.25, 0.3) is 0 Å². The molecule has 0 radical (unpaired) electrons. The summed E-state index contributed by atoms with van der Waals surface area (Å²) in [7, 11) is 0. The molecule has 0 aliphatic carbocycles. The molecule has 6 nitrogen and oxygen atoms in total. The Balaban J connectivity index is 1.25. The summed E-state index contributed by atoms with van der Waals surface area (Å²) in [6, 6.07) is 14.7. The van der Waals surface area contributed by atoms with Crippen LogP contribution in [-0.4, -0.2) is 46.0 Å². The largest absolute Gasteiger partial charge is 0.384 e. The molecule has 0 amide bonds. The number of aromatic nitrogens is 3. The summed E-state index contributed by atoms with van der Waals surface area (Å²) in [4.78, 5) is 20.2. The van der Waals surface area contributed by atoms with Crippen molar-refractivity contribution in [3.8, 4) is 10.4 Å². The van der Waals surface area contributed by atoms with Crippen LogP contribution in [0.15, 0.2) is 54.9 Å². The number of nitrogens with two attached hydrogens (primary N) is 1. The van der Waals surface area contributed by atoms with Gasteiger partial charge in [-0.2, -0.15) is 0 Å². The SMILES string of the molecule is Nc1ccc2c(N3CCN(Cc4ccc(-c5cccc(F)c5)s4)CC3)ncnc2n1. The Morgan fingerprint density at radius 2 is 1.87 bits per heavy atom. The predicted octanol–water partition coefficient (Wildman–Crippen LogP) is 3.80. The normalized spacial score (nSPS) is 15.0. The van der Waals surface area contributed by atoms with Crippen LogP contribution >= 0.6 is 11.3 Å². The maximum atomic E-state index is 13.5. The summed E-state index contributed by atoms with van der Waals surface area (Å²) in [5.41, 5.74) is 7.34. The molecule has 1 aliphatic heterocycles. The lowest BCUT2D eigenvalue weighted by Crippen LogP contribution is -2.46. The fourth-order valence-electron chi connectivity index (χ4n) is 3.79. The Labute approximate surface area is 177 Å². The van der Waals surface area contributed by atoms with Crippen LogP contribution in [-0.2, 0) is 6.54 Å². The Morgan fingerprint density at radius 3 is 2.70 bits per heavy atom. The number of anilines is 2. The van der Waals surface area contributed by atoms with Crippen LogP contribution < -0.4 is 10.6 Å². The fourth-order valence-corrected chi connectivity index (χ4v) is 4.84. The highest BCUT2D eigenvalue weighted by Crippen LogP contribution is 2.30. The number of fused-ring (bicyclic) bond motifs is 1. The van der Waals surface area contributed by atoms with Crippen molar-refractivity contribution in [2.24, 2.45) is 0 Å². The molecule has 0 unspecified atom stereocenters. The lowest BCUT2D eigenvalue weighted by Gasteiger charge is -2.35. The highest BCUT2D eigenvalue weighted by molar-refractivity contribution is 7.15. The molecule has 1 fully saturated rings. The lowest BCUT2D eigenvalue weighted by molar-refractivity contribution is 0.251. The average Bonchev–Trinajstić information content (AvgIpc) is 3.22. The third-order valence-electron chi connectivity index (χ3n) is 5.32. The molecule has 4 heterocycles. The van der Waals surface area contributed by atoms with Crippen LogP contribution in [0.1, 0.15) is 4.88 Å². The lowest BCUT2D eigenvalue weighted by atomic mass is 10.2. The van der Waals surface area contributed by atoms with Gasteiger partial charge < -0.3 is 10.6 Å².